The molecule has 2 aliphatic rings. The Labute approximate surface area is 140 Å². The van der Waals surface area contributed by atoms with Gasteiger partial charge in [-0.25, -0.2) is 0 Å². The van der Waals surface area contributed by atoms with Crippen LogP contribution in [0.2, 0.25) is 0 Å². The average Bonchev–Trinajstić information content (AvgIpc) is 3.02. The van der Waals surface area contributed by atoms with Crippen molar-refractivity contribution in [3.63, 3.8) is 0 Å². The van der Waals surface area contributed by atoms with Crippen molar-refractivity contribution < 1.29 is 4.79 Å². The Bertz CT molecular complexity index is 502. The first kappa shape index (κ1) is 16.5. The molecular formula is C20H30N2O. The maximum absolute atomic E-state index is 12.8. The standard InChI is InChI=1S/C20H30N2O/c1-2-18-11-6-7-14-22(18)20(23)16-21-13-8-12-19(21)15-17-9-4-3-5-10-17/h3-5,9-10,18-19H,2,6-8,11-16H2,1H3. The molecule has 0 spiro atoms. The van der Waals surface area contributed by atoms with Crippen LogP contribution in [-0.4, -0.2) is 47.4 Å². The molecule has 2 heterocycles. The molecule has 0 aliphatic carbocycles. The Morgan fingerprint density at radius 1 is 1.04 bits per heavy atom. The molecule has 2 unspecified atom stereocenters. The quantitative estimate of drug-likeness (QED) is 0.830. The van der Waals surface area contributed by atoms with Crippen molar-refractivity contribution in [3.8, 4) is 0 Å². The lowest BCUT2D eigenvalue weighted by Crippen LogP contribution is -2.48. The minimum atomic E-state index is 0.358. The van der Waals surface area contributed by atoms with Gasteiger partial charge in [-0.1, -0.05) is 37.3 Å². The minimum absolute atomic E-state index is 0.358. The zero-order chi connectivity index (χ0) is 16.1. The second kappa shape index (κ2) is 7.96. The van der Waals surface area contributed by atoms with Crippen molar-refractivity contribution in [2.45, 2.75) is 64.0 Å². The molecule has 23 heavy (non-hydrogen) atoms. The molecule has 1 aromatic carbocycles. The highest BCUT2D eigenvalue weighted by molar-refractivity contribution is 5.78. The van der Waals surface area contributed by atoms with Crippen molar-refractivity contribution in [1.29, 1.82) is 0 Å². The lowest BCUT2D eigenvalue weighted by Gasteiger charge is -2.37. The summed E-state index contributed by atoms with van der Waals surface area (Å²) in [7, 11) is 0. The number of piperidine rings is 1. The first-order valence-electron chi connectivity index (χ1n) is 9.35. The molecule has 3 rings (SSSR count). The molecule has 3 nitrogen and oxygen atoms in total. The van der Waals surface area contributed by atoms with Crippen LogP contribution in [0.3, 0.4) is 0 Å². The smallest absolute Gasteiger partial charge is 0.237 e. The van der Waals surface area contributed by atoms with Crippen LogP contribution in [0, 0.1) is 0 Å². The zero-order valence-electron chi connectivity index (χ0n) is 14.4. The Hall–Kier alpha value is -1.35. The summed E-state index contributed by atoms with van der Waals surface area (Å²) in [6.45, 7) is 4.88. The van der Waals surface area contributed by atoms with Gasteiger partial charge in [0, 0.05) is 18.6 Å². The molecule has 0 bridgehead atoms. The summed E-state index contributed by atoms with van der Waals surface area (Å²) in [5.41, 5.74) is 1.39. The highest BCUT2D eigenvalue weighted by Crippen LogP contribution is 2.23. The van der Waals surface area contributed by atoms with E-state index in [1.54, 1.807) is 0 Å². The van der Waals surface area contributed by atoms with Crippen LogP contribution >= 0.6 is 0 Å². The topological polar surface area (TPSA) is 23.6 Å². The summed E-state index contributed by atoms with van der Waals surface area (Å²) < 4.78 is 0. The van der Waals surface area contributed by atoms with E-state index in [1.807, 2.05) is 0 Å². The fraction of sp³-hybridized carbons (Fsp3) is 0.650. The molecule has 0 saturated carbocycles. The van der Waals surface area contributed by atoms with E-state index in [1.165, 1.54) is 37.7 Å². The van der Waals surface area contributed by atoms with Gasteiger partial charge < -0.3 is 4.90 Å². The van der Waals surface area contributed by atoms with E-state index in [0.717, 1.165) is 25.9 Å². The molecule has 126 valence electrons. The van der Waals surface area contributed by atoms with E-state index in [2.05, 4.69) is 47.1 Å². The number of benzene rings is 1. The molecule has 1 aromatic rings. The van der Waals surface area contributed by atoms with Crippen molar-refractivity contribution in [1.82, 2.24) is 9.80 Å². The summed E-state index contributed by atoms with van der Waals surface area (Å²) in [6.07, 6.45) is 8.26. The summed E-state index contributed by atoms with van der Waals surface area (Å²) in [5, 5.41) is 0. The van der Waals surface area contributed by atoms with Crippen molar-refractivity contribution in [2.75, 3.05) is 19.6 Å². The molecule has 2 atom stereocenters. The van der Waals surface area contributed by atoms with Gasteiger partial charge in [0.15, 0.2) is 0 Å². The van der Waals surface area contributed by atoms with Gasteiger partial charge >= 0.3 is 0 Å². The van der Waals surface area contributed by atoms with Gasteiger partial charge in [-0.15, -0.1) is 0 Å². The van der Waals surface area contributed by atoms with Gasteiger partial charge in [-0.2, -0.15) is 0 Å². The summed E-state index contributed by atoms with van der Waals surface area (Å²) in [6, 6.07) is 11.7. The molecule has 2 fully saturated rings. The maximum atomic E-state index is 12.8. The SMILES string of the molecule is CCC1CCCCN1C(=O)CN1CCCC1Cc1ccccc1. The normalized spacial score (nSPS) is 25.7. The molecule has 0 radical (unpaired) electrons. The van der Waals surface area contributed by atoms with Crippen molar-refractivity contribution >= 4 is 5.91 Å². The van der Waals surface area contributed by atoms with E-state index in [9.17, 15) is 4.79 Å². The van der Waals surface area contributed by atoms with Gasteiger partial charge in [0.05, 0.1) is 6.54 Å². The Kier molecular flexibility index (Phi) is 5.71. The van der Waals surface area contributed by atoms with Crippen LogP contribution in [0.15, 0.2) is 30.3 Å². The van der Waals surface area contributed by atoms with Crippen LogP contribution in [0.4, 0.5) is 0 Å². The molecule has 0 aromatic heterocycles. The molecule has 1 amide bonds. The van der Waals surface area contributed by atoms with E-state index in [0.29, 0.717) is 24.5 Å². The van der Waals surface area contributed by atoms with Gasteiger partial charge in [-0.05, 0) is 57.1 Å². The Morgan fingerprint density at radius 2 is 1.83 bits per heavy atom. The Balaban J connectivity index is 1.58. The number of rotatable bonds is 5. The van der Waals surface area contributed by atoms with E-state index in [4.69, 9.17) is 0 Å². The zero-order valence-corrected chi connectivity index (χ0v) is 14.4. The lowest BCUT2D eigenvalue weighted by atomic mass is 10.00. The summed E-state index contributed by atoms with van der Waals surface area (Å²) >= 11 is 0. The average molecular weight is 314 g/mol. The minimum Gasteiger partial charge on any atom is -0.339 e. The van der Waals surface area contributed by atoms with Crippen LogP contribution in [-0.2, 0) is 11.2 Å². The highest BCUT2D eigenvalue weighted by Gasteiger charge is 2.30. The fourth-order valence-corrected chi connectivity index (χ4v) is 4.24. The number of likely N-dealkylation sites (tertiary alicyclic amines) is 2. The molecule has 3 heteroatoms. The Morgan fingerprint density at radius 3 is 2.61 bits per heavy atom. The van der Waals surface area contributed by atoms with Crippen LogP contribution in [0.5, 0.6) is 0 Å². The highest BCUT2D eigenvalue weighted by atomic mass is 16.2. The number of hydrogen-bond acceptors (Lipinski definition) is 2. The fourth-order valence-electron chi connectivity index (χ4n) is 4.24. The molecule has 0 N–H and O–H groups in total. The number of carbonyl (C=O) groups excluding carboxylic acids is 1. The van der Waals surface area contributed by atoms with E-state index >= 15 is 0 Å². The second-order valence-electron chi connectivity index (χ2n) is 7.10. The molecule has 2 aliphatic heterocycles. The van der Waals surface area contributed by atoms with Gasteiger partial charge in [0.2, 0.25) is 5.91 Å². The predicted molar refractivity (Wildman–Crippen MR) is 94.4 cm³/mol. The number of nitrogens with zero attached hydrogens (tertiary/aromatic N) is 2. The second-order valence-corrected chi connectivity index (χ2v) is 7.10. The van der Waals surface area contributed by atoms with Crippen molar-refractivity contribution in [3.05, 3.63) is 35.9 Å². The number of amides is 1. The number of hydrogen-bond donors (Lipinski definition) is 0. The van der Waals surface area contributed by atoms with Crippen LogP contribution in [0.25, 0.3) is 0 Å². The van der Waals surface area contributed by atoms with E-state index < -0.39 is 0 Å². The monoisotopic (exact) mass is 314 g/mol. The summed E-state index contributed by atoms with van der Waals surface area (Å²) in [5.74, 6) is 0.358. The molecule has 2 saturated heterocycles. The predicted octanol–water partition coefficient (Wildman–Crippen LogP) is 3.48. The largest absolute Gasteiger partial charge is 0.339 e. The maximum Gasteiger partial charge on any atom is 0.237 e. The lowest BCUT2D eigenvalue weighted by molar-refractivity contribution is -0.136. The number of carbonyl (C=O) groups is 1. The molecular weight excluding hydrogens is 284 g/mol. The third-order valence-electron chi connectivity index (χ3n) is 5.57. The summed E-state index contributed by atoms with van der Waals surface area (Å²) in [4.78, 5) is 17.4. The third-order valence-corrected chi connectivity index (χ3v) is 5.57. The van der Waals surface area contributed by atoms with Crippen molar-refractivity contribution in [2.24, 2.45) is 0 Å². The van der Waals surface area contributed by atoms with Crippen LogP contribution in [0.1, 0.15) is 51.0 Å². The van der Waals surface area contributed by atoms with Gasteiger partial charge in [0.25, 0.3) is 0 Å². The van der Waals surface area contributed by atoms with Gasteiger partial charge in [0.1, 0.15) is 0 Å². The first-order chi connectivity index (χ1) is 11.3. The third kappa shape index (κ3) is 4.14. The van der Waals surface area contributed by atoms with Crippen LogP contribution < -0.4 is 0 Å². The first-order valence-corrected chi connectivity index (χ1v) is 9.35. The van der Waals surface area contributed by atoms with E-state index in [-0.39, 0.29) is 0 Å². The van der Waals surface area contributed by atoms with Gasteiger partial charge in [-0.3, -0.25) is 9.69 Å².